The number of hydrogen-bond donors (Lipinski definition) is 0. The second-order valence-electron chi connectivity index (χ2n) is 11.3. The molecular formula is C39H22N4S2. The average molecular weight is 611 g/mol. The molecule has 0 amide bonds. The fourth-order valence-corrected chi connectivity index (χ4v) is 8.84. The highest BCUT2D eigenvalue weighted by molar-refractivity contribution is 7.27. The summed E-state index contributed by atoms with van der Waals surface area (Å²) in [6.07, 6.45) is 0. The third kappa shape index (κ3) is 3.80. The molecule has 0 spiro atoms. The van der Waals surface area contributed by atoms with Crippen LogP contribution in [0.4, 0.5) is 0 Å². The molecule has 4 nitrogen and oxygen atoms in total. The Morgan fingerprint density at radius 2 is 0.911 bits per heavy atom. The number of hydrogen-bond acceptors (Lipinski definition) is 5. The first kappa shape index (κ1) is 25.0. The zero-order valence-electron chi connectivity index (χ0n) is 23.8. The van der Waals surface area contributed by atoms with E-state index in [-0.39, 0.29) is 0 Å². The van der Waals surface area contributed by atoms with Gasteiger partial charge in [-0.1, -0.05) is 97.1 Å². The lowest BCUT2D eigenvalue weighted by Gasteiger charge is -2.10. The molecule has 0 saturated carbocycles. The van der Waals surface area contributed by atoms with E-state index >= 15 is 0 Å². The van der Waals surface area contributed by atoms with Crippen LogP contribution < -0.4 is 0 Å². The largest absolute Gasteiger partial charge is 0.278 e. The van der Waals surface area contributed by atoms with Crippen molar-refractivity contribution in [2.24, 2.45) is 0 Å². The van der Waals surface area contributed by atoms with Crippen molar-refractivity contribution in [1.82, 2.24) is 19.5 Å². The first-order valence-electron chi connectivity index (χ1n) is 14.9. The van der Waals surface area contributed by atoms with Crippen LogP contribution in [0.1, 0.15) is 0 Å². The smallest absolute Gasteiger partial charge is 0.238 e. The lowest BCUT2D eigenvalue weighted by Crippen LogP contribution is -2.06. The van der Waals surface area contributed by atoms with Crippen LogP contribution in [0.5, 0.6) is 0 Å². The van der Waals surface area contributed by atoms with Crippen molar-refractivity contribution in [3.8, 4) is 28.7 Å². The Labute approximate surface area is 265 Å². The van der Waals surface area contributed by atoms with Gasteiger partial charge >= 0.3 is 0 Å². The molecule has 0 bridgehead atoms. The molecule has 0 aliphatic rings. The Balaban J connectivity index is 1.27. The molecule has 6 heteroatoms. The number of fused-ring (bicyclic) bond motifs is 9. The van der Waals surface area contributed by atoms with Crippen LogP contribution in [0.25, 0.3) is 90.9 Å². The summed E-state index contributed by atoms with van der Waals surface area (Å²) in [5.74, 6) is 1.92. The minimum absolute atomic E-state index is 0.612. The van der Waals surface area contributed by atoms with E-state index in [2.05, 4.69) is 102 Å². The van der Waals surface area contributed by atoms with Crippen molar-refractivity contribution in [2.75, 3.05) is 0 Å². The van der Waals surface area contributed by atoms with Gasteiger partial charge in [-0.2, -0.15) is 9.97 Å². The Morgan fingerprint density at radius 3 is 1.62 bits per heavy atom. The van der Waals surface area contributed by atoms with Crippen LogP contribution in [-0.2, 0) is 0 Å². The monoisotopic (exact) mass is 610 g/mol. The van der Waals surface area contributed by atoms with Gasteiger partial charge in [-0.25, -0.2) is 4.98 Å². The van der Waals surface area contributed by atoms with Gasteiger partial charge in [0.25, 0.3) is 0 Å². The van der Waals surface area contributed by atoms with E-state index in [4.69, 9.17) is 15.0 Å². The Kier molecular flexibility index (Phi) is 5.29. The van der Waals surface area contributed by atoms with E-state index in [1.54, 1.807) is 0 Å². The van der Waals surface area contributed by atoms with Crippen molar-refractivity contribution in [1.29, 1.82) is 0 Å². The first-order valence-corrected chi connectivity index (χ1v) is 16.5. The summed E-state index contributed by atoms with van der Waals surface area (Å²) in [5, 5.41) is 7.64. The summed E-state index contributed by atoms with van der Waals surface area (Å²) < 4.78 is 7.44. The molecule has 0 fully saturated rings. The van der Waals surface area contributed by atoms with Crippen molar-refractivity contribution in [3.05, 3.63) is 133 Å². The fraction of sp³-hybridized carbons (Fsp3) is 0. The molecule has 0 atom stereocenters. The van der Waals surface area contributed by atoms with Crippen LogP contribution in [0.3, 0.4) is 0 Å². The summed E-state index contributed by atoms with van der Waals surface area (Å²) >= 11 is 3.73. The van der Waals surface area contributed by atoms with Gasteiger partial charge in [-0.15, -0.1) is 22.7 Å². The molecule has 4 heterocycles. The van der Waals surface area contributed by atoms with Crippen molar-refractivity contribution >= 4 is 84.8 Å². The maximum absolute atomic E-state index is 5.10. The van der Waals surface area contributed by atoms with Crippen molar-refractivity contribution in [2.45, 2.75) is 0 Å². The zero-order valence-corrected chi connectivity index (χ0v) is 25.4. The van der Waals surface area contributed by atoms with E-state index in [1.807, 2.05) is 59.1 Å². The van der Waals surface area contributed by atoms with Gasteiger partial charge in [0.2, 0.25) is 5.95 Å². The second kappa shape index (κ2) is 9.53. The van der Waals surface area contributed by atoms with Crippen LogP contribution in [0, 0.1) is 0 Å². The molecule has 0 aliphatic heterocycles. The third-order valence-corrected chi connectivity index (χ3v) is 10.9. The zero-order chi connectivity index (χ0) is 29.5. The van der Waals surface area contributed by atoms with Gasteiger partial charge in [-0.3, -0.25) is 4.57 Å². The van der Waals surface area contributed by atoms with E-state index in [1.165, 1.54) is 51.1 Å². The quantitative estimate of drug-likeness (QED) is 0.200. The molecular weight excluding hydrogens is 589 g/mol. The van der Waals surface area contributed by atoms with Gasteiger partial charge in [0.15, 0.2) is 11.6 Å². The summed E-state index contributed by atoms with van der Waals surface area (Å²) in [6, 6.07) is 47.1. The lowest BCUT2D eigenvalue weighted by molar-refractivity contribution is 0.954. The summed E-state index contributed by atoms with van der Waals surface area (Å²) in [5.41, 5.74) is 4.08. The molecule has 0 unspecified atom stereocenters. The average Bonchev–Trinajstić information content (AvgIpc) is 3.75. The highest BCUT2D eigenvalue weighted by atomic mass is 32.1. The van der Waals surface area contributed by atoms with Gasteiger partial charge in [0, 0.05) is 62.2 Å². The van der Waals surface area contributed by atoms with E-state index in [0.717, 1.165) is 22.2 Å². The number of para-hydroxylation sites is 1. The topological polar surface area (TPSA) is 43.6 Å². The predicted molar refractivity (Wildman–Crippen MR) is 191 cm³/mol. The fourth-order valence-electron chi connectivity index (χ4n) is 6.57. The molecule has 0 N–H and O–H groups in total. The number of nitrogens with zero attached hydrogens (tertiary/aromatic N) is 4. The van der Waals surface area contributed by atoms with Gasteiger partial charge in [0.05, 0.1) is 11.0 Å². The van der Waals surface area contributed by atoms with Crippen LogP contribution in [0.15, 0.2) is 133 Å². The van der Waals surface area contributed by atoms with E-state index in [0.29, 0.717) is 17.6 Å². The highest BCUT2D eigenvalue weighted by Crippen LogP contribution is 2.44. The number of rotatable bonds is 3. The third-order valence-electron chi connectivity index (χ3n) is 8.65. The highest BCUT2D eigenvalue weighted by Gasteiger charge is 2.20. The molecule has 10 aromatic rings. The predicted octanol–water partition coefficient (Wildman–Crippen LogP) is 11.0. The SMILES string of the molecule is c1ccc(-c2nc(-c3ccccc3)nc(-n3c4ccccc4c4cc5c(cc43)sc3cc4c(cc35)sc3ccccc34)n2)cc1. The van der Waals surface area contributed by atoms with E-state index < -0.39 is 0 Å². The molecule has 4 aromatic heterocycles. The molecule has 210 valence electrons. The number of benzene rings is 6. The molecule has 6 aromatic carbocycles. The van der Waals surface area contributed by atoms with Crippen molar-refractivity contribution < 1.29 is 0 Å². The molecule has 0 radical (unpaired) electrons. The first-order chi connectivity index (χ1) is 22.3. The molecule has 0 saturated heterocycles. The second-order valence-corrected chi connectivity index (χ2v) is 13.4. The van der Waals surface area contributed by atoms with Crippen LogP contribution in [0.2, 0.25) is 0 Å². The minimum atomic E-state index is 0.612. The summed E-state index contributed by atoms with van der Waals surface area (Å²) in [6.45, 7) is 0. The van der Waals surface area contributed by atoms with Gasteiger partial charge in [-0.05, 0) is 36.4 Å². The Morgan fingerprint density at radius 1 is 0.378 bits per heavy atom. The number of aromatic nitrogens is 4. The van der Waals surface area contributed by atoms with E-state index in [9.17, 15) is 0 Å². The summed E-state index contributed by atoms with van der Waals surface area (Å²) in [7, 11) is 0. The normalized spacial score (nSPS) is 12.0. The standard InChI is InChI=1S/C39H22N4S2/c1-3-11-23(12-4-1)37-40-38(24-13-5-2-6-14-24)42-39(41-37)43-31-17-9-7-15-25(31)27-19-28-30-21-34-29(26-16-8-10-18-33(26)44-34)20-35(30)45-36(28)22-32(27)43/h1-22H. The van der Waals surface area contributed by atoms with Crippen molar-refractivity contribution in [3.63, 3.8) is 0 Å². The number of thiophene rings is 2. The maximum atomic E-state index is 5.10. The maximum Gasteiger partial charge on any atom is 0.238 e. The summed E-state index contributed by atoms with van der Waals surface area (Å²) in [4.78, 5) is 15.1. The molecule has 10 rings (SSSR count). The Bertz CT molecular complexity index is 2700. The molecule has 0 aliphatic carbocycles. The van der Waals surface area contributed by atoms with Gasteiger partial charge < -0.3 is 0 Å². The lowest BCUT2D eigenvalue weighted by atomic mass is 10.1. The molecule has 45 heavy (non-hydrogen) atoms. The van der Waals surface area contributed by atoms with Gasteiger partial charge in [0.1, 0.15) is 0 Å². The minimum Gasteiger partial charge on any atom is -0.278 e. The van der Waals surface area contributed by atoms with Crippen LogP contribution >= 0.6 is 22.7 Å². The Hall–Kier alpha value is -5.43. The van der Waals surface area contributed by atoms with Crippen LogP contribution in [-0.4, -0.2) is 19.5 Å².